The minimum absolute atomic E-state index is 0. The molecule has 0 spiro atoms. The normalized spacial score (nSPS) is 19.4. The van der Waals surface area contributed by atoms with E-state index in [9.17, 15) is 4.79 Å². The van der Waals surface area contributed by atoms with Gasteiger partial charge < -0.3 is 10.6 Å². The fourth-order valence-corrected chi connectivity index (χ4v) is 2.28. The molecule has 1 atom stereocenters. The largest absolute Gasteiger partial charge is 0.341 e. The lowest BCUT2D eigenvalue weighted by atomic mass is 9.86. The molecule has 0 radical (unpaired) electrons. The van der Waals surface area contributed by atoms with E-state index >= 15 is 0 Å². The maximum atomic E-state index is 12.0. The Labute approximate surface area is 112 Å². The summed E-state index contributed by atoms with van der Waals surface area (Å²) in [6, 6.07) is -0.324. The molecule has 3 nitrogen and oxygen atoms in total. The van der Waals surface area contributed by atoms with Gasteiger partial charge in [0.05, 0.1) is 6.04 Å². The highest BCUT2D eigenvalue weighted by atomic mass is 35.5. The van der Waals surface area contributed by atoms with Crippen LogP contribution >= 0.6 is 12.4 Å². The quantitative estimate of drug-likeness (QED) is 0.848. The van der Waals surface area contributed by atoms with Gasteiger partial charge in [0.1, 0.15) is 0 Å². The Balaban J connectivity index is 0.00000256. The lowest BCUT2D eigenvalue weighted by Crippen LogP contribution is -2.49. The van der Waals surface area contributed by atoms with Crippen molar-refractivity contribution in [2.45, 2.75) is 46.6 Å². The molecule has 0 aliphatic carbocycles. The van der Waals surface area contributed by atoms with Crippen LogP contribution in [-0.4, -0.2) is 29.9 Å². The average Bonchev–Trinajstić information content (AvgIpc) is 2.27. The standard InChI is InChI=1S/C13H26N2O.ClH/c1-9(2)11-5-7-15(8-6-11)13(16)12(14)10(3)4;/h9-12H,5-8,14H2,1-4H3;1H/t12-;/m1./s1. The van der Waals surface area contributed by atoms with Crippen molar-refractivity contribution in [1.82, 2.24) is 4.90 Å². The van der Waals surface area contributed by atoms with Crippen LogP contribution in [0.5, 0.6) is 0 Å². The first-order chi connectivity index (χ1) is 7.43. The van der Waals surface area contributed by atoms with Crippen molar-refractivity contribution in [1.29, 1.82) is 0 Å². The molecule has 0 unspecified atom stereocenters. The van der Waals surface area contributed by atoms with Crippen molar-refractivity contribution in [3.63, 3.8) is 0 Å². The second-order valence-electron chi connectivity index (χ2n) is 5.68. The van der Waals surface area contributed by atoms with E-state index in [-0.39, 0.29) is 30.3 Å². The number of rotatable bonds is 3. The van der Waals surface area contributed by atoms with Gasteiger partial charge in [-0.3, -0.25) is 4.79 Å². The highest BCUT2D eigenvalue weighted by molar-refractivity contribution is 5.85. The molecule has 1 aliphatic rings. The summed E-state index contributed by atoms with van der Waals surface area (Å²) in [6.45, 7) is 10.3. The molecular weight excluding hydrogens is 236 g/mol. The lowest BCUT2D eigenvalue weighted by molar-refractivity contribution is -0.135. The zero-order valence-corrected chi connectivity index (χ0v) is 12.3. The van der Waals surface area contributed by atoms with Gasteiger partial charge in [0.2, 0.25) is 5.91 Å². The molecule has 1 heterocycles. The molecular formula is C13H27ClN2O. The second kappa shape index (κ2) is 7.22. The van der Waals surface area contributed by atoms with Crippen molar-refractivity contribution < 1.29 is 4.79 Å². The highest BCUT2D eigenvalue weighted by Crippen LogP contribution is 2.24. The number of carbonyl (C=O) groups is 1. The molecule has 0 aromatic carbocycles. The number of carbonyl (C=O) groups excluding carboxylic acids is 1. The summed E-state index contributed by atoms with van der Waals surface area (Å²) < 4.78 is 0. The van der Waals surface area contributed by atoms with E-state index in [4.69, 9.17) is 5.73 Å². The minimum Gasteiger partial charge on any atom is -0.341 e. The molecule has 102 valence electrons. The molecule has 4 heteroatoms. The summed E-state index contributed by atoms with van der Waals surface area (Å²) in [5.41, 5.74) is 5.89. The maximum absolute atomic E-state index is 12.0. The van der Waals surface area contributed by atoms with Crippen LogP contribution in [-0.2, 0) is 4.79 Å². The molecule has 1 saturated heterocycles. The molecule has 1 rings (SSSR count). The second-order valence-corrected chi connectivity index (χ2v) is 5.68. The number of piperidine rings is 1. The number of likely N-dealkylation sites (tertiary alicyclic amines) is 1. The monoisotopic (exact) mass is 262 g/mol. The molecule has 0 aromatic heterocycles. The van der Waals surface area contributed by atoms with E-state index in [1.54, 1.807) is 0 Å². The summed E-state index contributed by atoms with van der Waals surface area (Å²) in [6.07, 6.45) is 2.27. The minimum atomic E-state index is -0.324. The van der Waals surface area contributed by atoms with Crippen LogP contribution in [0.3, 0.4) is 0 Å². The molecule has 1 fully saturated rings. The van der Waals surface area contributed by atoms with Crippen LogP contribution in [0.25, 0.3) is 0 Å². The van der Waals surface area contributed by atoms with Crippen LogP contribution in [0.15, 0.2) is 0 Å². The summed E-state index contributed by atoms with van der Waals surface area (Å²) >= 11 is 0. The predicted molar refractivity (Wildman–Crippen MR) is 74.2 cm³/mol. The van der Waals surface area contributed by atoms with Crippen molar-refractivity contribution in [2.24, 2.45) is 23.5 Å². The lowest BCUT2D eigenvalue weighted by Gasteiger charge is -2.35. The van der Waals surface area contributed by atoms with Gasteiger partial charge in [-0.2, -0.15) is 0 Å². The number of nitrogens with two attached hydrogens (primary N) is 1. The van der Waals surface area contributed by atoms with Gasteiger partial charge in [-0.15, -0.1) is 12.4 Å². The van der Waals surface area contributed by atoms with E-state index in [2.05, 4.69) is 13.8 Å². The number of amides is 1. The first-order valence-corrected chi connectivity index (χ1v) is 6.47. The first-order valence-electron chi connectivity index (χ1n) is 6.47. The Morgan fingerprint density at radius 3 is 2.00 bits per heavy atom. The summed E-state index contributed by atoms with van der Waals surface area (Å²) in [5.74, 6) is 1.88. The van der Waals surface area contributed by atoms with E-state index < -0.39 is 0 Å². The average molecular weight is 263 g/mol. The summed E-state index contributed by atoms with van der Waals surface area (Å²) in [4.78, 5) is 14.0. The van der Waals surface area contributed by atoms with Crippen molar-refractivity contribution in [3.05, 3.63) is 0 Å². The Morgan fingerprint density at radius 1 is 1.18 bits per heavy atom. The highest BCUT2D eigenvalue weighted by Gasteiger charge is 2.28. The van der Waals surface area contributed by atoms with Crippen molar-refractivity contribution in [3.8, 4) is 0 Å². The molecule has 2 N–H and O–H groups in total. The Hall–Kier alpha value is -0.280. The van der Waals surface area contributed by atoms with E-state index in [0.29, 0.717) is 0 Å². The van der Waals surface area contributed by atoms with E-state index in [0.717, 1.165) is 37.8 Å². The molecule has 17 heavy (non-hydrogen) atoms. The molecule has 0 saturated carbocycles. The fraction of sp³-hybridized carbons (Fsp3) is 0.923. The van der Waals surface area contributed by atoms with Crippen molar-refractivity contribution >= 4 is 18.3 Å². The smallest absolute Gasteiger partial charge is 0.239 e. The van der Waals surface area contributed by atoms with Gasteiger partial charge in [0.25, 0.3) is 0 Å². The van der Waals surface area contributed by atoms with Crippen LogP contribution in [0, 0.1) is 17.8 Å². The van der Waals surface area contributed by atoms with Crippen molar-refractivity contribution in [2.75, 3.05) is 13.1 Å². The third kappa shape index (κ3) is 4.47. The third-order valence-corrected chi connectivity index (χ3v) is 3.80. The van der Waals surface area contributed by atoms with Gasteiger partial charge in [-0.25, -0.2) is 0 Å². The summed E-state index contributed by atoms with van der Waals surface area (Å²) in [7, 11) is 0. The molecule has 1 aliphatic heterocycles. The number of hydrogen-bond donors (Lipinski definition) is 1. The van der Waals surface area contributed by atoms with Gasteiger partial charge in [-0.1, -0.05) is 27.7 Å². The van der Waals surface area contributed by atoms with Crippen LogP contribution in [0.4, 0.5) is 0 Å². The number of nitrogens with zero attached hydrogens (tertiary/aromatic N) is 1. The molecule has 1 amide bonds. The number of halogens is 1. The van der Waals surface area contributed by atoms with Gasteiger partial charge in [0.15, 0.2) is 0 Å². The molecule has 0 bridgehead atoms. The zero-order valence-electron chi connectivity index (χ0n) is 11.5. The summed E-state index contributed by atoms with van der Waals surface area (Å²) in [5, 5.41) is 0. The number of hydrogen-bond acceptors (Lipinski definition) is 2. The Morgan fingerprint density at radius 2 is 1.65 bits per heavy atom. The Kier molecular flexibility index (Phi) is 7.10. The van der Waals surface area contributed by atoms with Gasteiger partial charge in [-0.05, 0) is 30.6 Å². The SMILES string of the molecule is CC(C)C1CCN(C(=O)[C@H](N)C(C)C)CC1.Cl. The van der Waals surface area contributed by atoms with Crippen LogP contribution < -0.4 is 5.73 Å². The fourth-order valence-electron chi connectivity index (χ4n) is 2.28. The van der Waals surface area contributed by atoms with Gasteiger partial charge in [0, 0.05) is 13.1 Å². The van der Waals surface area contributed by atoms with Crippen LogP contribution in [0.2, 0.25) is 0 Å². The Bertz CT molecular complexity index is 236. The molecule has 0 aromatic rings. The zero-order chi connectivity index (χ0) is 12.3. The first kappa shape index (κ1) is 16.7. The van der Waals surface area contributed by atoms with E-state index in [1.165, 1.54) is 0 Å². The predicted octanol–water partition coefficient (Wildman–Crippen LogP) is 2.29. The van der Waals surface area contributed by atoms with Crippen LogP contribution in [0.1, 0.15) is 40.5 Å². The topological polar surface area (TPSA) is 46.3 Å². The third-order valence-electron chi connectivity index (χ3n) is 3.80. The van der Waals surface area contributed by atoms with E-state index in [1.807, 2.05) is 18.7 Å². The van der Waals surface area contributed by atoms with Gasteiger partial charge >= 0.3 is 0 Å². The maximum Gasteiger partial charge on any atom is 0.239 e.